The van der Waals surface area contributed by atoms with Gasteiger partial charge in [-0.1, -0.05) is 13.8 Å². The first kappa shape index (κ1) is 23.5. The molecule has 8 atom stereocenters. The third kappa shape index (κ3) is 3.50. The van der Waals surface area contributed by atoms with Gasteiger partial charge in [0.05, 0.1) is 5.92 Å². The fourth-order valence-electron chi connectivity index (χ4n) is 8.66. The lowest BCUT2D eigenvalue weighted by Gasteiger charge is -2.64. The Labute approximate surface area is 202 Å². The van der Waals surface area contributed by atoms with Crippen LogP contribution in [0.5, 0.6) is 0 Å². The van der Waals surface area contributed by atoms with Crippen molar-refractivity contribution in [2.24, 2.45) is 40.2 Å². The summed E-state index contributed by atoms with van der Waals surface area (Å²) in [6, 6.07) is 7.05. The number of carboxylic acids is 1. The van der Waals surface area contributed by atoms with E-state index in [0.717, 1.165) is 51.4 Å². The molecule has 0 radical (unpaired) electrons. The maximum atomic E-state index is 12.5. The normalized spacial score (nSPS) is 43.2. The topological polar surface area (TPSA) is 128 Å². The standard InChI is InChI=1S/C27H39N3O4/c1-25-12-9-19(34-24(33)30-18-6-4-17(28)5-7-18)15-16(25)3-8-21-20(25)10-13-26(2)22(23(31)32)11-14-27(21,26)29/h4-7,16,19-22H,3,8-15,28-29H2,1-2H3,(H,30,33)(H,31,32)/t16?,19?,20-,21-,22?,25+,26-,27-/m1/s1. The minimum Gasteiger partial charge on any atom is -0.481 e. The Hall–Kier alpha value is -2.28. The van der Waals surface area contributed by atoms with E-state index >= 15 is 0 Å². The highest BCUT2D eigenvalue weighted by Crippen LogP contribution is 2.68. The molecule has 186 valence electrons. The zero-order valence-electron chi connectivity index (χ0n) is 20.4. The van der Waals surface area contributed by atoms with Gasteiger partial charge in [0.2, 0.25) is 0 Å². The molecule has 3 unspecified atom stereocenters. The third-order valence-electron chi connectivity index (χ3n) is 10.7. The molecule has 4 aliphatic rings. The molecule has 6 N–H and O–H groups in total. The summed E-state index contributed by atoms with van der Waals surface area (Å²) in [6.07, 6.45) is 7.88. The first-order chi connectivity index (χ1) is 16.1. The number of nitrogen functional groups attached to an aromatic ring is 1. The van der Waals surface area contributed by atoms with Crippen LogP contribution in [0.3, 0.4) is 0 Å². The molecule has 0 aromatic heterocycles. The van der Waals surface area contributed by atoms with Gasteiger partial charge in [0.25, 0.3) is 0 Å². The van der Waals surface area contributed by atoms with Crippen molar-refractivity contribution in [1.29, 1.82) is 0 Å². The minimum atomic E-state index is -0.678. The molecule has 0 saturated heterocycles. The lowest BCUT2D eigenvalue weighted by molar-refractivity contribution is -0.157. The molecule has 34 heavy (non-hydrogen) atoms. The van der Waals surface area contributed by atoms with Gasteiger partial charge in [-0.2, -0.15) is 0 Å². The lowest BCUT2D eigenvalue weighted by atomic mass is 9.42. The third-order valence-corrected chi connectivity index (χ3v) is 10.7. The van der Waals surface area contributed by atoms with Gasteiger partial charge in [0.15, 0.2) is 0 Å². The fourth-order valence-corrected chi connectivity index (χ4v) is 8.66. The molecule has 1 aromatic rings. The van der Waals surface area contributed by atoms with Crippen LogP contribution in [0.15, 0.2) is 24.3 Å². The van der Waals surface area contributed by atoms with Crippen molar-refractivity contribution in [3.63, 3.8) is 0 Å². The fraction of sp³-hybridized carbons (Fsp3) is 0.704. The molecule has 4 aliphatic carbocycles. The van der Waals surface area contributed by atoms with Crippen molar-refractivity contribution < 1.29 is 19.4 Å². The van der Waals surface area contributed by atoms with Crippen molar-refractivity contribution in [2.75, 3.05) is 11.1 Å². The summed E-state index contributed by atoms with van der Waals surface area (Å²) < 4.78 is 5.83. The van der Waals surface area contributed by atoms with Crippen molar-refractivity contribution in [1.82, 2.24) is 0 Å². The van der Waals surface area contributed by atoms with Crippen molar-refractivity contribution >= 4 is 23.4 Å². The van der Waals surface area contributed by atoms with E-state index in [2.05, 4.69) is 19.2 Å². The smallest absolute Gasteiger partial charge is 0.411 e. The van der Waals surface area contributed by atoms with E-state index in [0.29, 0.717) is 35.5 Å². The second-order valence-electron chi connectivity index (χ2n) is 12.0. The number of amides is 1. The quantitative estimate of drug-likeness (QED) is 0.461. The maximum Gasteiger partial charge on any atom is 0.411 e. The Bertz CT molecular complexity index is 967. The minimum absolute atomic E-state index is 0.0769. The SMILES string of the molecule is C[C@]12CCC(OC(=O)Nc3ccc(N)cc3)CC1CC[C@@H]1[C@H]2CC[C@]2(C)C(C(=O)O)CC[C@@]12N. The first-order valence-electron chi connectivity index (χ1n) is 12.9. The Morgan fingerprint density at radius 1 is 1.00 bits per heavy atom. The summed E-state index contributed by atoms with van der Waals surface area (Å²) in [6.45, 7) is 4.57. The summed E-state index contributed by atoms with van der Waals surface area (Å²) in [5.74, 6) is 0.391. The molecule has 7 nitrogen and oxygen atoms in total. The zero-order valence-corrected chi connectivity index (χ0v) is 20.4. The summed E-state index contributed by atoms with van der Waals surface area (Å²) in [7, 11) is 0. The van der Waals surface area contributed by atoms with Crippen LogP contribution >= 0.6 is 0 Å². The predicted octanol–water partition coefficient (Wildman–Crippen LogP) is 5.01. The van der Waals surface area contributed by atoms with E-state index < -0.39 is 12.1 Å². The highest BCUT2D eigenvalue weighted by Gasteiger charge is 2.67. The van der Waals surface area contributed by atoms with E-state index in [1.54, 1.807) is 24.3 Å². The van der Waals surface area contributed by atoms with Crippen molar-refractivity contribution in [3.05, 3.63) is 24.3 Å². The lowest BCUT2D eigenvalue weighted by Crippen LogP contribution is -2.66. The molecule has 5 rings (SSSR count). The Morgan fingerprint density at radius 3 is 2.44 bits per heavy atom. The molecule has 0 heterocycles. The highest BCUT2D eigenvalue weighted by atomic mass is 16.6. The largest absolute Gasteiger partial charge is 0.481 e. The van der Waals surface area contributed by atoms with Gasteiger partial charge in [0.1, 0.15) is 6.10 Å². The Kier molecular flexibility index (Phi) is 5.62. The number of carbonyl (C=O) groups is 2. The van der Waals surface area contributed by atoms with Crippen LogP contribution in [0, 0.1) is 34.5 Å². The molecule has 4 saturated carbocycles. The number of aliphatic carboxylic acids is 1. The Balaban J connectivity index is 1.26. The number of hydrogen-bond acceptors (Lipinski definition) is 5. The van der Waals surface area contributed by atoms with E-state index in [9.17, 15) is 14.7 Å². The van der Waals surface area contributed by atoms with Gasteiger partial charge in [-0.3, -0.25) is 10.1 Å². The Morgan fingerprint density at radius 2 is 1.74 bits per heavy atom. The van der Waals surface area contributed by atoms with E-state index in [-0.39, 0.29) is 28.4 Å². The maximum absolute atomic E-state index is 12.5. The van der Waals surface area contributed by atoms with Gasteiger partial charge >= 0.3 is 12.1 Å². The number of fused-ring (bicyclic) bond motifs is 5. The number of benzene rings is 1. The molecular weight excluding hydrogens is 430 g/mol. The van der Waals surface area contributed by atoms with Crippen LogP contribution in [0.25, 0.3) is 0 Å². The second kappa shape index (κ2) is 8.14. The molecule has 7 heteroatoms. The molecule has 0 bridgehead atoms. The number of nitrogens with two attached hydrogens (primary N) is 2. The average Bonchev–Trinajstić information content (AvgIpc) is 3.07. The summed E-state index contributed by atoms with van der Waals surface area (Å²) in [4.78, 5) is 24.5. The van der Waals surface area contributed by atoms with Gasteiger partial charge < -0.3 is 21.3 Å². The highest BCUT2D eigenvalue weighted by molar-refractivity contribution is 5.84. The van der Waals surface area contributed by atoms with Crippen LogP contribution in [-0.4, -0.2) is 28.8 Å². The predicted molar refractivity (Wildman–Crippen MR) is 131 cm³/mol. The molecule has 0 spiro atoms. The van der Waals surface area contributed by atoms with Gasteiger partial charge in [-0.15, -0.1) is 0 Å². The number of hydrogen-bond donors (Lipinski definition) is 4. The molecule has 0 aliphatic heterocycles. The number of carboxylic acid groups (broad SMARTS) is 1. The van der Waals surface area contributed by atoms with Gasteiger partial charge in [0, 0.05) is 16.9 Å². The molecule has 1 amide bonds. The number of carbonyl (C=O) groups excluding carboxylic acids is 1. The van der Waals surface area contributed by atoms with Crippen LogP contribution < -0.4 is 16.8 Å². The van der Waals surface area contributed by atoms with Gasteiger partial charge in [-0.05, 0) is 111 Å². The van der Waals surface area contributed by atoms with Crippen LogP contribution in [0.1, 0.15) is 71.6 Å². The monoisotopic (exact) mass is 469 g/mol. The first-order valence-corrected chi connectivity index (χ1v) is 12.9. The van der Waals surface area contributed by atoms with Crippen LogP contribution in [0.2, 0.25) is 0 Å². The number of ether oxygens (including phenoxy) is 1. The zero-order chi connectivity index (χ0) is 24.3. The number of rotatable bonds is 3. The van der Waals surface area contributed by atoms with Gasteiger partial charge in [-0.25, -0.2) is 4.79 Å². The summed E-state index contributed by atoms with van der Waals surface area (Å²) in [5, 5.41) is 12.7. The second-order valence-corrected chi connectivity index (χ2v) is 12.0. The van der Waals surface area contributed by atoms with E-state index in [1.165, 1.54) is 0 Å². The van der Waals surface area contributed by atoms with E-state index in [1.807, 2.05) is 0 Å². The van der Waals surface area contributed by atoms with Crippen molar-refractivity contribution in [2.45, 2.75) is 83.3 Å². The number of anilines is 2. The van der Waals surface area contributed by atoms with Crippen LogP contribution in [-0.2, 0) is 9.53 Å². The molecular formula is C27H39N3O4. The number of nitrogens with one attached hydrogen (secondary N) is 1. The summed E-state index contributed by atoms with van der Waals surface area (Å²) >= 11 is 0. The average molecular weight is 470 g/mol. The van der Waals surface area contributed by atoms with E-state index in [4.69, 9.17) is 16.2 Å². The van der Waals surface area contributed by atoms with Crippen molar-refractivity contribution in [3.8, 4) is 0 Å². The van der Waals surface area contributed by atoms with Crippen LogP contribution in [0.4, 0.5) is 16.2 Å². The molecule has 4 fully saturated rings. The summed E-state index contributed by atoms with van der Waals surface area (Å²) in [5.41, 5.74) is 13.7. The molecule has 1 aromatic carbocycles.